The third-order valence-corrected chi connectivity index (χ3v) is 5.62. The van der Waals surface area contributed by atoms with Crippen LogP contribution in [0.1, 0.15) is 22.3 Å². The monoisotopic (exact) mass is 527 g/mol. The fourth-order valence-electron chi connectivity index (χ4n) is 3.64. The lowest BCUT2D eigenvalue weighted by molar-refractivity contribution is -0.377. The largest absolute Gasteiger partial charge is 0.542 e. The quantitative estimate of drug-likeness (QED) is 0.377. The third-order valence-electron chi connectivity index (χ3n) is 5.62. The fraction of sp³-hybridized carbons (Fsp3) is 0.192. The molecule has 38 heavy (non-hydrogen) atoms. The Labute approximate surface area is 215 Å². The Balaban J connectivity index is 0.000000505. The van der Waals surface area contributed by atoms with Gasteiger partial charge in [0, 0.05) is 30.3 Å². The molecule has 2 aromatic carbocycles. The lowest BCUT2D eigenvalue weighted by Gasteiger charge is -2.26. The van der Waals surface area contributed by atoms with E-state index >= 15 is 0 Å². The topological polar surface area (TPSA) is 146 Å². The molecule has 0 spiro atoms. The summed E-state index contributed by atoms with van der Waals surface area (Å²) in [5, 5.41) is 8.78. The van der Waals surface area contributed by atoms with Crippen LogP contribution in [-0.2, 0) is 16.0 Å². The van der Waals surface area contributed by atoms with Crippen molar-refractivity contribution in [1.29, 1.82) is 0 Å². The molecule has 0 aliphatic carbocycles. The van der Waals surface area contributed by atoms with Crippen molar-refractivity contribution in [3.8, 4) is 11.4 Å². The highest BCUT2D eigenvalue weighted by Gasteiger charge is 2.29. The van der Waals surface area contributed by atoms with Gasteiger partial charge in [-0.3, -0.25) is 9.59 Å². The summed E-state index contributed by atoms with van der Waals surface area (Å²) in [7, 11) is 1.62. The van der Waals surface area contributed by atoms with Crippen molar-refractivity contribution in [2.45, 2.75) is 25.1 Å². The molecule has 2 amide bonds. The summed E-state index contributed by atoms with van der Waals surface area (Å²) in [5.41, 5.74) is 9.64. The molecule has 0 aliphatic heterocycles. The molecule has 0 fully saturated rings. The van der Waals surface area contributed by atoms with Crippen LogP contribution in [0, 0.1) is 0 Å². The number of primary amides is 1. The molecule has 2 heterocycles. The Bertz CT molecular complexity index is 1410. The second-order valence-electron chi connectivity index (χ2n) is 8.25. The number of hydrogen-bond acceptors (Lipinski definition) is 5. The van der Waals surface area contributed by atoms with Gasteiger partial charge in [0.15, 0.2) is 12.4 Å². The maximum atomic E-state index is 13.1. The van der Waals surface area contributed by atoms with Crippen LogP contribution in [0.5, 0.6) is 0 Å². The molecule has 0 saturated carbocycles. The number of rotatable bonds is 7. The number of carbonyl (C=O) groups is 3. The number of nitrogens with two attached hydrogens (primary N) is 1. The molecule has 0 unspecified atom stereocenters. The van der Waals surface area contributed by atoms with Gasteiger partial charge in [0.2, 0.25) is 5.91 Å². The fourth-order valence-corrected chi connectivity index (χ4v) is 3.64. The van der Waals surface area contributed by atoms with Crippen molar-refractivity contribution in [1.82, 2.24) is 14.9 Å². The van der Waals surface area contributed by atoms with E-state index in [-0.39, 0.29) is 5.91 Å². The number of amides is 2. The molecular formula is C26H24F3N5O4. The summed E-state index contributed by atoms with van der Waals surface area (Å²) in [6.45, 7) is 0. The predicted molar refractivity (Wildman–Crippen MR) is 129 cm³/mol. The van der Waals surface area contributed by atoms with Crippen LogP contribution in [0.3, 0.4) is 0 Å². The zero-order valence-electron chi connectivity index (χ0n) is 20.2. The number of nitrogens with zero attached hydrogens (tertiary/aromatic N) is 2. The Morgan fingerprint density at radius 1 is 1.08 bits per heavy atom. The van der Waals surface area contributed by atoms with Crippen LogP contribution < -0.4 is 15.8 Å². The average molecular weight is 528 g/mol. The molecule has 0 bridgehead atoms. The van der Waals surface area contributed by atoms with E-state index in [0.717, 1.165) is 28.0 Å². The minimum Gasteiger partial charge on any atom is -0.542 e. The first-order valence-corrected chi connectivity index (χ1v) is 11.3. The van der Waals surface area contributed by atoms with E-state index in [9.17, 15) is 22.8 Å². The molecule has 0 saturated heterocycles. The Hall–Kier alpha value is -4.74. The van der Waals surface area contributed by atoms with E-state index in [1.165, 1.54) is 4.90 Å². The smallest absolute Gasteiger partial charge is 0.430 e. The van der Waals surface area contributed by atoms with Crippen LogP contribution >= 0.6 is 0 Å². The van der Waals surface area contributed by atoms with E-state index in [2.05, 4.69) is 15.0 Å². The van der Waals surface area contributed by atoms with Crippen molar-refractivity contribution in [3.63, 3.8) is 0 Å². The number of benzene rings is 2. The molecule has 9 nitrogen and oxygen atoms in total. The standard InChI is InChI=1S/C24H23N5O2.C2HF3O2/c1-29(21(22(25)30)10-7-16-5-3-2-4-6-16)24(31)18-8-9-19-20(15-18)28-23(27-19)17-11-13-26-14-12-17;3-2(4,5)1(6)7/h2-6,8-9,11-15,21H,7,10H2,1H3,(H2,25,30)(H,27,28);(H,6,7)/t21-;/m0./s1. The van der Waals surface area contributed by atoms with Crippen LogP contribution in [0.15, 0.2) is 73.1 Å². The number of hydrogen-bond donors (Lipinski definition) is 2. The predicted octanol–water partition coefficient (Wildman–Crippen LogP) is 1.90. The number of nitrogens with one attached hydrogen (secondary N) is 2. The highest BCUT2D eigenvalue weighted by atomic mass is 19.4. The van der Waals surface area contributed by atoms with Gasteiger partial charge < -0.3 is 25.5 Å². The van der Waals surface area contributed by atoms with Gasteiger partial charge in [-0.1, -0.05) is 30.3 Å². The first-order chi connectivity index (χ1) is 18.0. The summed E-state index contributed by atoms with van der Waals surface area (Å²) in [6.07, 6.45) is -0.426. The van der Waals surface area contributed by atoms with Crippen LogP contribution in [0.25, 0.3) is 22.4 Å². The summed E-state index contributed by atoms with van der Waals surface area (Å²) < 4.78 is 31.5. The highest BCUT2D eigenvalue weighted by Crippen LogP contribution is 2.22. The normalized spacial score (nSPS) is 11.8. The van der Waals surface area contributed by atoms with E-state index in [1.54, 1.807) is 25.2 Å². The van der Waals surface area contributed by atoms with Gasteiger partial charge in [-0.15, -0.1) is 0 Å². The number of likely N-dealkylation sites (N-methyl/N-ethyl adjacent to an activating group) is 1. The number of carboxylic acids is 1. The number of carbonyl (C=O) groups excluding carboxylic acids is 3. The highest BCUT2D eigenvalue weighted by molar-refractivity contribution is 5.99. The molecular weight excluding hydrogens is 503 g/mol. The van der Waals surface area contributed by atoms with Gasteiger partial charge in [-0.2, -0.15) is 13.2 Å². The maximum absolute atomic E-state index is 13.1. The maximum Gasteiger partial charge on any atom is 0.430 e. The number of halogens is 3. The molecule has 2 aromatic heterocycles. The molecule has 0 aliphatic rings. The summed E-state index contributed by atoms with van der Waals surface area (Å²) in [4.78, 5) is 46.2. The molecule has 4 aromatic rings. The van der Waals surface area contributed by atoms with Crippen molar-refractivity contribution >= 4 is 28.8 Å². The Kier molecular flexibility index (Phi) is 8.79. The minimum atomic E-state index is -5.19. The molecule has 4 rings (SSSR count). The number of carboxylic acid groups (broad SMARTS) is 1. The van der Waals surface area contributed by atoms with E-state index in [4.69, 9.17) is 15.6 Å². The molecule has 198 valence electrons. The first kappa shape index (κ1) is 27.8. The number of imidazole rings is 1. The minimum absolute atomic E-state index is 0.260. The Morgan fingerprint density at radius 2 is 1.71 bits per heavy atom. The second kappa shape index (κ2) is 12.0. The van der Waals surface area contributed by atoms with Gasteiger partial charge in [0.05, 0.1) is 11.0 Å². The van der Waals surface area contributed by atoms with Crippen LogP contribution in [0.4, 0.5) is 13.2 Å². The van der Waals surface area contributed by atoms with Crippen LogP contribution in [-0.4, -0.2) is 51.9 Å². The number of pyridine rings is 1. The number of aryl methyl sites for hydroxylation is 1. The number of aromatic amines is 2. The lowest BCUT2D eigenvalue weighted by Crippen LogP contribution is -2.46. The third kappa shape index (κ3) is 7.15. The first-order valence-electron chi connectivity index (χ1n) is 11.3. The number of alkyl halides is 3. The van der Waals surface area contributed by atoms with Gasteiger partial charge in [0.1, 0.15) is 17.8 Å². The van der Waals surface area contributed by atoms with Crippen molar-refractivity contribution in [2.75, 3.05) is 7.05 Å². The average Bonchev–Trinajstić information content (AvgIpc) is 3.32. The number of H-pyrrole nitrogens is 2. The van der Waals surface area contributed by atoms with Crippen molar-refractivity contribution < 1.29 is 37.6 Å². The molecule has 4 N–H and O–H groups in total. The number of aromatic nitrogens is 3. The summed E-state index contributed by atoms with van der Waals surface area (Å²) in [6, 6.07) is 18.3. The Morgan fingerprint density at radius 3 is 2.29 bits per heavy atom. The zero-order valence-corrected chi connectivity index (χ0v) is 20.2. The van der Waals surface area contributed by atoms with E-state index < -0.39 is 24.1 Å². The van der Waals surface area contributed by atoms with Crippen molar-refractivity contribution in [3.05, 3.63) is 84.2 Å². The van der Waals surface area contributed by atoms with Crippen molar-refractivity contribution in [2.24, 2.45) is 5.73 Å². The summed E-state index contributed by atoms with van der Waals surface area (Å²) in [5.74, 6) is -3.06. The molecule has 0 radical (unpaired) electrons. The molecule has 12 heteroatoms. The number of fused-ring (bicyclic) bond motifs is 1. The van der Waals surface area contributed by atoms with Gasteiger partial charge >= 0.3 is 6.18 Å². The van der Waals surface area contributed by atoms with Gasteiger partial charge in [0.25, 0.3) is 5.91 Å². The van der Waals surface area contributed by atoms with E-state index in [0.29, 0.717) is 18.4 Å². The van der Waals surface area contributed by atoms with Crippen LogP contribution in [0.2, 0.25) is 0 Å². The molecule has 1 atom stereocenters. The van der Waals surface area contributed by atoms with Gasteiger partial charge in [-0.05, 0) is 36.6 Å². The summed E-state index contributed by atoms with van der Waals surface area (Å²) >= 11 is 0. The number of aliphatic carboxylic acids is 1. The SMILES string of the molecule is CN(C(=O)c1ccc2nc(-c3cc[nH+]cc3)[nH]c2c1)[C@@H](CCc1ccccc1)C(N)=O.O=C([O-])C(F)(F)F. The zero-order chi connectivity index (χ0) is 27.9. The second-order valence-corrected chi connectivity index (χ2v) is 8.25. The lowest BCUT2D eigenvalue weighted by atomic mass is 10.0. The van der Waals surface area contributed by atoms with Gasteiger partial charge in [-0.25, -0.2) is 9.97 Å². The van der Waals surface area contributed by atoms with E-state index in [1.807, 2.05) is 54.9 Å².